The van der Waals surface area contributed by atoms with Crippen LogP contribution in [-0.4, -0.2) is 54.2 Å². The molecule has 0 radical (unpaired) electrons. The number of nitrogens with one attached hydrogen (secondary N) is 1. The summed E-state index contributed by atoms with van der Waals surface area (Å²) in [7, 11) is 0. The van der Waals surface area contributed by atoms with E-state index in [0.717, 1.165) is 28.7 Å². The van der Waals surface area contributed by atoms with Crippen LogP contribution in [0.4, 0.5) is 4.79 Å². The number of alkyl carbamates (subject to hydrolysis) is 1. The van der Waals surface area contributed by atoms with Gasteiger partial charge in [-0.05, 0) is 48.9 Å². The van der Waals surface area contributed by atoms with Crippen molar-refractivity contribution in [1.29, 1.82) is 0 Å². The van der Waals surface area contributed by atoms with E-state index in [4.69, 9.17) is 4.74 Å². The zero-order valence-electron chi connectivity index (χ0n) is 20.7. The molecule has 1 saturated heterocycles. The van der Waals surface area contributed by atoms with Crippen molar-refractivity contribution in [3.8, 4) is 11.1 Å². The van der Waals surface area contributed by atoms with Gasteiger partial charge in [-0.25, -0.2) is 4.79 Å². The molecule has 0 saturated carbocycles. The van der Waals surface area contributed by atoms with Gasteiger partial charge in [0.15, 0.2) is 0 Å². The van der Waals surface area contributed by atoms with Crippen molar-refractivity contribution in [3.05, 3.63) is 59.7 Å². The Morgan fingerprint density at radius 1 is 1.09 bits per heavy atom. The number of likely N-dealkylation sites (tertiary alicyclic amines) is 1. The Bertz CT molecular complexity index is 1080. The number of rotatable bonds is 8. The Labute approximate surface area is 206 Å². The second-order valence-electron chi connectivity index (χ2n) is 10.4. The molecule has 7 heteroatoms. The highest BCUT2D eigenvalue weighted by Crippen LogP contribution is 2.44. The van der Waals surface area contributed by atoms with Crippen LogP contribution < -0.4 is 5.32 Å². The second kappa shape index (κ2) is 9.72. The minimum absolute atomic E-state index is 0.0323. The molecular weight excluding hydrogens is 444 g/mol. The highest BCUT2D eigenvalue weighted by Gasteiger charge is 2.47. The van der Waals surface area contributed by atoms with Crippen molar-refractivity contribution < 1.29 is 24.2 Å². The number of carbonyl (C=O) groups excluding carboxylic acids is 2. The van der Waals surface area contributed by atoms with E-state index in [9.17, 15) is 19.5 Å². The Morgan fingerprint density at radius 3 is 2.26 bits per heavy atom. The van der Waals surface area contributed by atoms with Crippen molar-refractivity contribution in [3.63, 3.8) is 0 Å². The summed E-state index contributed by atoms with van der Waals surface area (Å²) in [5.41, 5.74) is 2.84. The lowest BCUT2D eigenvalue weighted by atomic mass is 9.82. The van der Waals surface area contributed by atoms with Crippen molar-refractivity contribution in [2.24, 2.45) is 10.8 Å². The van der Waals surface area contributed by atoms with Crippen LogP contribution in [0.2, 0.25) is 0 Å². The average Bonchev–Trinajstić information content (AvgIpc) is 3.42. The molecule has 0 bridgehead atoms. The molecule has 2 aromatic carbocycles. The summed E-state index contributed by atoms with van der Waals surface area (Å²) in [6.45, 7) is 6.42. The van der Waals surface area contributed by atoms with Crippen LogP contribution in [0.3, 0.4) is 0 Å². The van der Waals surface area contributed by atoms with Gasteiger partial charge in [-0.1, -0.05) is 61.9 Å². The van der Waals surface area contributed by atoms with Crippen LogP contribution in [0.1, 0.15) is 57.1 Å². The van der Waals surface area contributed by atoms with E-state index in [-0.39, 0.29) is 31.5 Å². The zero-order valence-corrected chi connectivity index (χ0v) is 20.7. The Hall–Kier alpha value is -3.35. The van der Waals surface area contributed by atoms with E-state index in [2.05, 4.69) is 29.6 Å². The molecule has 0 spiro atoms. The molecule has 1 fully saturated rings. The van der Waals surface area contributed by atoms with Crippen molar-refractivity contribution >= 4 is 18.0 Å². The summed E-state index contributed by atoms with van der Waals surface area (Å²) >= 11 is 0. The number of carboxylic acid groups (broad SMARTS) is 1. The third-order valence-electron chi connectivity index (χ3n) is 7.42. The Kier molecular flexibility index (Phi) is 6.88. The molecule has 2 aliphatic rings. The summed E-state index contributed by atoms with van der Waals surface area (Å²) in [6.07, 6.45) is 1.18. The largest absolute Gasteiger partial charge is 0.481 e. The number of hydrogen-bond donors (Lipinski definition) is 2. The standard InChI is InChI=1S/C28H34N2O5/c1-4-13-28(25(32)33)14-15-30(18-28)24(31)27(2,3)17-29-26(34)35-16-23-21-11-7-5-9-19(21)20-10-6-8-12-22(20)23/h5-12,23H,4,13-18H2,1-3H3,(H,29,34)(H,32,33). The molecule has 2 amide bonds. The monoisotopic (exact) mass is 478 g/mol. The van der Waals surface area contributed by atoms with Gasteiger partial charge in [0.1, 0.15) is 6.61 Å². The van der Waals surface area contributed by atoms with Crippen LogP contribution >= 0.6 is 0 Å². The first-order valence-electron chi connectivity index (χ1n) is 12.3. The van der Waals surface area contributed by atoms with E-state index in [1.54, 1.807) is 18.7 Å². The van der Waals surface area contributed by atoms with Crippen molar-refractivity contribution in [2.45, 2.75) is 46.0 Å². The molecule has 35 heavy (non-hydrogen) atoms. The van der Waals surface area contributed by atoms with E-state index in [1.165, 1.54) is 0 Å². The van der Waals surface area contributed by atoms with Crippen LogP contribution in [0.5, 0.6) is 0 Å². The van der Waals surface area contributed by atoms with Crippen LogP contribution in [0, 0.1) is 10.8 Å². The Morgan fingerprint density at radius 2 is 1.69 bits per heavy atom. The van der Waals surface area contributed by atoms with Gasteiger partial charge < -0.3 is 20.1 Å². The number of hydrogen-bond acceptors (Lipinski definition) is 4. The summed E-state index contributed by atoms with van der Waals surface area (Å²) in [6, 6.07) is 16.3. The number of benzene rings is 2. The van der Waals surface area contributed by atoms with Gasteiger partial charge in [0.25, 0.3) is 0 Å². The Balaban J connectivity index is 1.33. The fourth-order valence-electron chi connectivity index (χ4n) is 5.46. The first-order chi connectivity index (χ1) is 16.7. The average molecular weight is 479 g/mol. The molecule has 186 valence electrons. The normalized spacial score (nSPS) is 19.2. The third kappa shape index (κ3) is 4.77. The van der Waals surface area contributed by atoms with Gasteiger partial charge >= 0.3 is 12.1 Å². The number of carboxylic acids is 1. The number of ether oxygens (including phenoxy) is 1. The molecule has 7 nitrogen and oxygen atoms in total. The molecule has 0 aromatic heterocycles. The topological polar surface area (TPSA) is 95.9 Å². The lowest BCUT2D eigenvalue weighted by Crippen LogP contribution is -2.47. The van der Waals surface area contributed by atoms with Gasteiger partial charge in [0.2, 0.25) is 5.91 Å². The number of amides is 2. The molecule has 2 aromatic rings. The van der Waals surface area contributed by atoms with Gasteiger partial charge in [0.05, 0.1) is 10.8 Å². The number of aliphatic carboxylic acids is 1. The predicted octanol–water partition coefficient (Wildman–Crippen LogP) is 4.65. The van der Waals surface area contributed by atoms with E-state index >= 15 is 0 Å². The summed E-state index contributed by atoms with van der Waals surface area (Å²) in [4.78, 5) is 39.2. The van der Waals surface area contributed by atoms with Crippen molar-refractivity contribution in [1.82, 2.24) is 10.2 Å². The van der Waals surface area contributed by atoms with Crippen LogP contribution in [-0.2, 0) is 14.3 Å². The molecule has 1 atom stereocenters. The minimum atomic E-state index is -0.883. The SMILES string of the molecule is CCCC1(C(=O)O)CCN(C(=O)C(C)(C)CNC(=O)OCC2c3ccccc3-c3ccccc32)C1. The number of nitrogens with zero attached hydrogens (tertiary/aromatic N) is 1. The lowest BCUT2D eigenvalue weighted by molar-refractivity contribution is -0.149. The highest BCUT2D eigenvalue weighted by molar-refractivity contribution is 5.85. The van der Waals surface area contributed by atoms with Crippen LogP contribution in [0.15, 0.2) is 48.5 Å². The smallest absolute Gasteiger partial charge is 0.407 e. The molecule has 1 heterocycles. The highest BCUT2D eigenvalue weighted by atomic mass is 16.5. The number of carbonyl (C=O) groups is 3. The first-order valence-corrected chi connectivity index (χ1v) is 12.3. The van der Waals surface area contributed by atoms with Gasteiger partial charge in [-0.15, -0.1) is 0 Å². The summed E-state index contributed by atoms with van der Waals surface area (Å²) < 4.78 is 5.58. The fourth-order valence-corrected chi connectivity index (χ4v) is 5.46. The van der Waals surface area contributed by atoms with E-state index in [0.29, 0.717) is 19.4 Å². The molecule has 2 N–H and O–H groups in total. The fraction of sp³-hybridized carbons (Fsp3) is 0.464. The maximum atomic E-state index is 13.2. The molecule has 1 unspecified atom stereocenters. The van der Waals surface area contributed by atoms with E-state index in [1.807, 2.05) is 31.2 Å². The summed E-state index contributed by atoms with van der Waals surface area (Å²) in [5, 5.41) is 12.5. The maximum absolute atomic E-state index is 13.2. The second-order valence-corrected chi connectivity index (χ2v) is 10.4. The third-order valence-corrected chi connectivity index (χ3v) is 7.42. The molecule has 4 rings (SSSR count). The molecule has 1 aliphatic carbocycles. The van der Waals surface area contributed by atoms with Gasteiger partial charge in [0, 0.05) is 25.6 Å². The number of fused-ring (bicyclic) bond motifs is 3. The van der Waals surface area contributed by atoms with E-state index < -0.39 is 22.9 Å². The quantitative estimate of drug-likeness (QED) is 0.576. The van der Waals surface area contributed by atoms with Crippen LogP contribution in [0.25, 0.3) is 11.1 Å². The lowest BCUT2D eigenvalue weighted by Gasteiger charge is -2.31. The first kappa shape index (κ1) is 24.8. The zero-order chi connectivity index (χ0) is 25.2. The molecular formula is C28H34N2O5. The van der Waals surface area contributed by atoms with Gasteiger partial charge in [-0.3, -0.25) is 9.59 Å². The minimum Gasteiger partial charge on any atom is -0.481 e. The van der Waals surface area contributed by atoms with Crippen molar-refractivity contribution in [2.75, 3.05) is 26.2 Å². The summed E-state index contributed by atoms with van der Waals surface area (Å²) in [5.74, 6) is -1.03. The van der Waals surface area contributed by atoms with Gasteiger partial charge in [-0.2, -0.15) is 0 Å². The predicted molar refractivity (Wildman–Crippen MR) is 133 cm³/mol. The molecule has 1 aliphatic heterocycles. The maximum Gasteiger partial charge on any atom is 0.407 e.